The topological polar surface area (TPSA) is 55.1 Å². The predicted octanol–water partition coefficient (Wildman–Crippen LogP) is 3.54. The number of amides is 1. The third kappa shape index (κ3) is 2.90. The zero-order valence-corrected chi connectivity index (χ0v) is 12.7. The van der Waals surface area contributed by atoms with Gasteiger partial charge in [0.1, 0.15) is 0 Å². The first kappa shape index (κ1) is 14.0. The number of aryl methyl sites for hydroxylation is 1. The van der Waals surface area contributed by atoms with Crippen molar-refractivity contribution in [1.29, 1.82) is 0 Å². The largest absolute Gasteiger partial charge is 0.398 e. The smallest absolute Gasteiger partial charge is 0.251 e. The molecule has 1 aliphatic heterocycles. The van der Waals surface area contributed by atoms with E-state index < -0.39 is 0 Å². The van der Waals surface area contributed by atoms with Crippen LogP contribution in [-0.2, 0) is 0 Å². The lowest BCUT2D eigenvalue weighted by molar-refractivity contribution is 0.0935. The van der Waals surface area contributed by atoms with Crippen LogP contribution in [0.1, 0.15) is 33.9 Å². The number of carbonyl (C=O) groups is 1. The van der Waals surface area contributed by atoms with Gasteiger partial charge in [0.2, 0.25) is 0 Å². The van der Waals surface area contributed by atoms with E-state index in [1.165, 1.54) is 10.5 Å². The fourth-order valence-electron chi connectivity index (χ4n) is 2.52. The van der Waals surface area contributed by atoms with E-state index in [0.717, 1.165) is 17.7 Å². The van der Waals surface area contributed by atoms with Crippen molar-refractivity contribution >= 4 is 23.4 Å². The third-order valence-electron chi connectivity index (χ3n) is 3.81. The van der Waals surface area contributed by atoms with Gasteiger partial charge in [0.05, 0.1) is 6.04 Å². The Morgan fingerprint density at radius 1 is 1.29 bits per heavy atom. The predicted molar refractivity (Wildman–Crippen MR) is 87.6 cm³/mol. The van der Waals surface area contributed by atoms with Crippen LogP contribution in [0.25, 0.3) is 0 Å². The van der Waals surface area contributed by atoms with Gasteiger partial charge in [-0.3, -0.25) is 4.79 Å². The maximum Gasteiger partial charge on any atom is 0.251 e. The van der Waals surface area contributed by atoms with Crippen molar-refractivity contribution in [2.24, 2.45) is 0 Å². The highest BCUT2D eigenvalue weighted by molar-refractivity contribution is 7.99. The Morgan fingerprint density at radius 3 is 2.90 bits per heavy atom. The number of hydrogen-bond donors (Lipinski definition) is 2. The van der Waals surface area contributed by atoms with Crippen molar-refractivity contribution in [3.63, 3.8) is 0 Å². The van der Waals surface area contributed by atoms with Gasteiger partial charge >= 0.3 is 0 Å². The minimum Gasteiger partial charge on any atom is -0.398 e. The molecule has 0 radical (unpaired) electrons. The van der Waals surface area contributed by atoms with Crippen LogP contribution in [-0.4, -0.2) is 11.7 Å². The lowest BCUT2D eigenvalue weighted by Gasteiger charge is -2.26. The zero-order valence-electron chi connectivity index (χ0n) is 11.9. The van der Waals surface area contributed by atoms with Crippen LogP contribution >= 0.6 is 11.8 Å². The van der Waals surface area contributed by atoms with Crippen molar-refractivity contribution in [1.82, 2.24) is 5.32 Å². The average Bonchev–Trinajstić information content (AvgIpc) is 2.50. The number of benzene rings is 2. The first-order valence-corrected chi connectivity index (χ1v) is 8.02. The second-order valence-electron chi connectivity index (χ2n) is 5.27. The summed E-state index contributed by atoms with van der Waals surface area (Å²) in [7, 11) is 0. The molecule has 2 aromatic rings. The Morgan fingerprint density at radius 2 is 2.10 bits per heavy atom. The maximum atomic E-state index is 12.4. The number of hydrogen-bond acceptors (Lipinski definition) is 3. The van der Waals surface area contributed by atoms with E-state index in [2.05, 4.69) is 17.4 Å². The van der Waals surface area contributed by atoms with Crippen LogP contribution in [0.2, 0.25) is 0 Å². The standard InChI is InChI=1S/C17H18N2OS/c1-11-6-7-12(10-14(11)18)17(20)19-15-8-9-21-16-5-3-2-4-13(15)16/h2-7,10,15H,8-9,18H2,1H3,(H,19,20). The number of nitrogen functional groups attached to an aromatic ring is 1. The molecular formula is C17H18N2OS. The van der Waals surface area contributed by atoms with Gasteiger partial charge in [-0.15, -0.1) is 11.8 Å². The fourth-order valence-corrected chi connectivity index (χ4v) is 3.64. The Labute approximate surface area is 128 Å². The van der Waals surface area contributed by atoms with Crippen molar-refractivity contribution in [2.45, 2.75) is 24.3 Å². The number of carbonyl (C=O) groups excluding carboxylic acids is 1. The molecule has 0 aromatic heterocycles. The quantitative estimate of drug-likeness (QED) is 0.834. The van der Waals surface area contributed by atoms with Gasteiger partial charge in [-0.2, -0.15) is 0 Å². The van der Waals surface area contributed by atoms with E-state index in [-0.39, 0.29) is 11.9 Å². The van der Waals surface area contributed by atoms with Gasteiger partial charge in [-0.25, -0.2) is 0 Å². The number of thioether (sulfide) groups is 1. The van der Waals surface area contributed by atoms with E-state index in [9.17, 15) is 4.79 Å². The summed E-state index contributed by atoms with van der Waals surface area (Å²) >= 11 is 1.85. The minimum absolute atomic E-state index is 0.0617. The molecule has 1 heterocycles. The summed E-state index contributed by atoms with van der Waals surface area (Å²) in [6, 6.07) is 13.8. The highest BCUT2D eigenvalue weighted by atomic mass is 32.2. The Kier molecular flexibility index (Phi) is 3.88. The number of anilines is 1. The Hall–Kier alpha value is -1.94. The molecule has 1 atom stereocenters. The number of rotatable bonds is 2. The molecule has 0 aliphatic carbocycles. The first-order chi connectivity index (χ1) is 10.1. The summed E-state index contributed by atoms with van der Waals surface area (Å²) in [4.78, 5) is 13.7. The maximum absolute atomic E-state index is 12.4. The monoisotopic (exact) mass is 298 g/mol. The molecule has 1 unspecified atom stereocenters. The number of nitrogens with two attached hydrogens (primary N) is 1. The van der Waals surface area contributed by atoms with E-state index in [0.29, 0.717) is 11.3 Å². The third-order valence-corrected chi connectivity index (χ3v) is 4.93. The van der Waals surface area contributed by atoms with Gasteiger partial charge in [0.25, 0.3) is 5.91 Å². The van der Waals surface area contributed by atoms with Crippen LogP contribution in [0, 0.1) is 6.92 Å². The van der Waals surface area contributed by atoms with E-state index in [1.807, 2.05) is 43.0 Å². The number of fused-ring (bicyclic) bond motifs is 1. The molecule has 3 rings (SSSR count). The van der Waals surface area contributed by atoms with E-state index in [1.54, 1.807) is 6.07 Å². The van der Waals surface area contributed by atoms with Crippen LogP contribution < -0.4 is 11.1 Å². The number of nitrogens with one attached hydrogen (secondary N) is 1. The second-order valence-corrected chi connectivity index (χ2v) is 6.41. The first-order valence-electron chi connectivity index (χ1n) is 7.04. The van der Waals surface area contributed by atoms with Gasteiger partial charge < -0.3 is 11.1 Å². The molecular weight excluding hydrogens is 280 g/mol. The van der Waals surface area contributed by atoms with Crippen LogP contribution in [0.3, 0.4) is 0 Å². The lowest BCUT2D eigenvalue weighted by Crippen LogP contribution is -2.30. The highest BCUT2D eigenvalue weighted by Crippen LogP contribution is 2.35. The van der Waals surface area contributed by atoms with Crippen LogP contribution in [0.4, 0.5) is 5.69 Å². The van der Waals surface area contributed by atoms with Crippen LogP contribution in [0.15, 0.2) is 47.4 Å². The fraction of sp³-hybridized carbons (Fsp3) is 0.235. The molecule has 0 spiro atoms. The SMILES string of the molecule is Cc1ccc(C(=O)NC2CCSc3ccccc32)cc1N. The summed E-state index contributed by atoms with van der Waals surface area (Å²) in [5, 5.41) is 3.13. The van der Waals surface area contributed by atoms with Crippen molar-refractivity contribution in [3.8, 4) is 0 Å². The van der Waals surface area contributed by atoms with Gasteiger partial charge in [-0.1, -0.05) is 24.3 Å². The molecule has 0 bridgehead atoms. The molecule has 4 heteroatoms. The molecule has 0 fully saturated rings. The Bertz CT molecular complexity index is 684. The summed E-state index contributed by atoms with van der Waals surface area (Å²) in [5.74, 6) is 0.964. The summed E-state index contributed by atoms with van der Waals surface area (Å²) < 4.78 is 0. The van der Waals surface area contributed by atoms with Crippen molar-refractivity contribution < 1.29 is 4.79 Å². The lowest BCUT2D eigenvalue weighted by atomic mass is 10.0. The summed E-state index contributed by atoms with van der Waals surface area (Å²) in [5.41, 5.74) is 9.36. The molecule has 3 nitrogen and oxygen atoms in total. The molecule has 1 amide bonds. The molecule has 0 saturated heterocycles. The molecule has 21 heavy (non-hydrogen) atoms. The summed E-state index contributed by atoms with van der Waals surface area (Å²) in [6.45, 7) is 1.94. The van der Waals surface area contributed by atoms with E-state index in [4.69, 9.17) is 5.73 Å². The minimum atomic E-state index is -0.0617. The van der Waals surface area contributed by atoms with Gasteiger partial charge in [0.15, 0.2) is 0 Å². The molecule has 108 valence electrons. The highest BCUT2D eigenvalue weighted by Gasteiger charge is 2.22. The molecule has 2 aromatic carbocycles. The second kappa shape index (κ2) is 5.82. The molecule has 3 N–H and O–H groups in total. The van der Waals surface area contributed by atoms with Crippen molar-refractivity contribution in [2.75, 3.05) is 11.5 Å². The van der Waals surface area contributed by atoms with Crippen molar-refractivity contribution in [3.05, 3.63) is 59.2 Å². The van der Waals surface area contributed by atoms with Gasteiger partial charge in [0, 0.05) is 21.9 Å². The van der Waals surface area contributed by atoms with Gasteiger partial charge in [-0.05, 0) is 42.7 Å². The molecule has 1 aliphatic rings. The average molecular weight is 298 g/mol. The normalized spacial score (nSPS) is 17.1. The Balaban J connectivity index is 1.81. The molecule has 0 saturated carbocycles. The van der Waals surface area contributed by atoms with E-state index >= 15 is 0 Å². The van der Waals surface area contributed by atoms with Crippen LogP contribution in [0.5, 0.6) is 0 Å². The summed E-state index contributed by atoms with van der Waals surface area (Å²) in [6.07, 6.45) is 0.953. The zero-order chi connectivity index (χ0) is 14.8.